The Morgan fingerprint density at radius 2 is 1.76 bits per heavy atom. The molecule has 3 rings (SSSR count). The van der Waals surface area contributed by atoms with Crippen LogP contribution in [-0.4, -0.2) is 42.1 Å². The fourth-order valence-electron chi connectivity index (χ4n) is 2.83. The van der Waals surface area contributed by atoms with Crippen molar-refractivity contribution in [1.29, 1.82) is 0 Å². The van der Waals surface area contributed by atoms with E-state index in [9.17, 15) is 14.4 Å². The highest BCUT2D eigenvalue weighted by atomic mass is 35.5. The molecule has 0 saturated heterocycles. The molecule has 0 fully saturated rings. The number of amides is 1. The van der Waals surface area contributed by atoms with Crippen LogP contribution in [0.15, 0.2) is 42.5 Å². The minimum atomic E-state index is -0.650. The number of hydrogen-bond acceptors (Lipinski definition) is 8. The van der Waals surface area contributed by atoms with Crippen molar-refractivity contribution < 1.29 is 28.6 Å². The molecule has 0 atom stereocenters. The van der Waals surface area contributed by atoms with Crippen LogP contribution in [0.1, 0.15) is 46.5 Å². The van der Waals surface area contributed by atoms with Crippen LogP contribution in [0.5, 0.6) is 5.75 Å². The van der Waals surface area contributed by atoms with E-state index in [2.05, 4.69) is 10.3 Å². The number of nitrogens with zero attached hydrogens (tertiary/aromatic N) is 1. The van der Waals surface area contributed by atoms with Gasteiger partial charge in [-0.2, -0.15) is 0 Å². The summed E-state index contributed by atoms with van der Waals surface area (Å²) in [7, 11) is 1.27. The Hall–Kier alpha value is -3.17. The highest BCUT2D eigenvalue weighted by Gasteiger charge is 2.24. The molecule has 176 valence electrons. The number of benzene rings is 1. The quantitative estimate of drug-likeness (QED) is 0.494. The normalized spacial score (nSPS) is 10.8. The SMILES string of the molecule is COC(=O)c1sc2nc(CNC(=O)c3ccccc3)ccc2c1OCC(=O)OC(C)(C)C.Cl. The molecule has 2 heterocycles. The van der Waals surface area contributed by atoms with Gasteiger partial charge in [-0.3, -0.25) is 4.79 Å². The van der Waals surface area contributed by atoms with Crippen molar-refractivity contribution in [1.82, 2.24) is 10.3 Å². The Labute approximate surface area is 201 Å². The van der Waals surface area contributed by atoms with Crippen LogP contribution in [0.25, 0.3) is 10.2 Å². The third kappa shape index (κ3) is 6.90. The number of ether oxygens (including phenoxy) is 3. The maximum atomic E-state index is 12.3. The maximum Gasteiger partial charge on any atom is 0.351 e. The van der Waals surface area contributed by atoms with Crippen LogP contribution < -0.4 is 10.1 Å². The summed E-state index contributed by atoms with van der Waals surface area (Å²) in [6.45, 7) is 5.12. The van der Waals surface area contributed by atoms with E-state index in [1.165, 1.54) is 7.11 Å². The lowest BCUT2D eigenvalue weighted by molar-refractivity contribution is -0.157. The van der Waals surface area contributed by atoms with Crippen molar-refractivity contribution in [2.24, 2.45) is 0 Å². The van der Waals surface area contributed by atoms with E-state index in [1.807, 2.05) is 6.07 Å². The summed E-state index contributed by atoms with van der Waals surface area (Å²) in [6, 6.07) is 12.3. The number of esters is 2. The maximum absolute atomic E-state index is 12.3. The lowest BCUT2D eigenvalue weighted by Crippen LogP contribution is -2.27. The van der Waals surface area contributed by atoms with Gasteiger partial charge in [0.2, 0.25) is 0 Å². The molecule has 1 aromatic carbocycles. The Kier molecular flexibility index (Phi) is 8.78. The molecule has 3 aromatic rings. The summed E-state index contributed by atoms with van der Waals surface area (Å²) in [5.74, 6) is -1.14. The molecule has 0 saturated carbocycles. The molecule has 1 N–H and O–H groups in total. The molecule has 0 aliphatic rings. The van der Waals surface area contributed by atoms with Gasteiger partial charge in [-0.25, -0.2) is 14.6 Å². The van der Waals surface area contributed by atoms with Crippen LogP contribution in [0.4, 0.5) is 0 Å². The second-order valence-electron chi connectivity index (χ2n) is 7.83. The summed E-state index contributed by atoms with van der Waals surface area (Å²) in [5, 5.41) is 3.38. The summed E-state index contributed by atoms with van der Waals surface area (Å²) in [6.07, 6.45) is 0. The Balaban J connectivity index is 0.00000385. The fraction of sp³-hybridized carbons (Fsp3) is 0.304. The van der Waals surface area contributed by atoms with E-state index in [-0.39, 0.29) is 42.1 Å². The summed E-state index contributed by atoms with van der Waals surface area (Å²) < 4.78 is 15.7. The second-order valence-corrected chi connectivity index (χ2v) is 8.83. The van der Waals surface area contributed by atoms with E-state index in [4.69, 9.17) is 14.2 Å². The molecule has 1 amide bonds. The topological polar surface area (TPSA) is 104 Å². The summed E-state index contributed by atoms with van der Waals surface area (Å²) >= 11 is 1.09. The summed E-state index contributed by atoms with van der Waals surface area (Å²) in [5.41, 5.74) is 0.511. The molecular formula is C23H25ClN2O6S. The zero-order valence-corrected chi connectivity index (χ0v) is 20.3. The number of aromatic nitrogens is 1. The van der Waals surface area contributed by atoms with Crippen molar-refractivity contribution >= 4 is 51.8 Å². The fourth-order valence-corrected chi connectivity index (χ4v) is 3.88. The zero-order chi connectivity index (χ0) is 23.3. The average Bonchev–Trinajstić information content (AvgIpc) is 3.12. The molecule has 0 aliphatic carbocycles. The monoisotopic (exact) mass is 492 g/mol. The number of methoxy groups -OCH3 is 1. The molecule has 0 radical (unpaired) electrons. The number of carbonyl (C=O) groups excluding carboxylic acids is 3. The third-order valence-electron chi connectivity index (χ3n) is 4.16. The van der Waals surface area contributed by atoms with Crippen molar-refractivity contribution in [3.63, 3.8) is 0 Å². The number of nitrogens with one attached hydrogen (secondary N) is 1. The van der Waals surface area contributed by atoms with Crippen LogP contribution in [0.3, 0.4) is 0 Å². The van der Waals surface area contributed by atoms with Gasteiger partial charge in [0.15, 0.2) is 17.2 Å². The van der Waals surface area contributed by atoms with E-state index >= 15 is 0 Å². The predicted octanol–water partition coefficient (Wildman–Crippen LogP) is 4.16. The van der Waals surface area contributed by atoms with Gasteiger partial charge in [-0.15, -0.1) is 23.7 Å². The van der Waals surface area contributed by atoms with Gasteiger partial charge in [0.25, 0.3) is 5.91 Å². The minimum absolute atomic E-state index is 0. The van der Waals surface area contributed by atoms with Crippen molar-refractivity contribution in [3.05, 3.63) is 58.6 Å². The highest BCUT2D eigenvalue weighted by Crippen LogP contribution is 2.37. The van der Waals surface area contributed by atoms with E-state index in [0.717, 1.165) is 11.3 Å². The molecule has 0 spiro atoms. The smallest absolute Gasteiger partial charge is 0.351 e. The van der Waals surface area contributed by atoms with Gasteiger partial charge in [0.1, 0.15) is 10.4 Å². The van der Waals surface area contributed by atoms with Crippen LogP contribution >= 0.6 is 23.7 Å². The van der Waals surface area contributed by atoms with Crippen molar-refractivity contribution in [3.8, 4) is 5.75 Å². The van der Waals surface area contributed by atoms with E-state index in [0.29, 0.717) is 21.5 Å². The molecule has 33 heavy (non-hydrogen) atoms. The standard InChI is InChI=1S/C23H24N2O6S.ClH/c1-23(2,3)31-17(26)13-30-18-16-11-10-15(25-21(16)32-19(18)22(28)29-4)12-24-20(27)14-8-6-5-7-9-14;/h5-11H,12-13H2,1-4H3,(H,24,27);1H. The number of halogens is 1. The van der Waals surface area contributed by atoms with Gasteiger partial charge >= 0.3 is 11.9 Å². The molecule has 8 nitrogen and oxygen atoms in total. The number of hydrogen-bond donors (Lipinski definition) is 1. The van der Waals surface area contributed by atoms with Gasteiger partial charge in [0.05, 0.1) is 24.7 Å². The van der Waals surface area contributed by atoms with Gasteiger partial charge in [-0.1, -0.05) is 18.2 Å². The first-order valence-electron chi connectivity index (χ1n) is 9.86. The Morgan fingerprint density at radius 1 is 1.06 bits per heavy atom. The first-order valence-corrected chi connectivity index (χ1v) is 10.7. The van der Waals surface area contributed by atoms with Gasteiger partial charge < -0.3 is 19.5 Å². The minimum Gasteiger partial charge on any atom is -0.479 e. The van der Waals surface area contributed by atoms with Crippen molar-refractivity contribution in [2.75, 3.05) is 13.7 Å². The third-order valence-corrected chi connectivity index (χ3v) is 5.22. The number of carbonyl (C=O) groups is 3. The zero-order valence-electron chi connectivity index (χ0n) is 18.7. The number of fused-ring (bicyclic) bond motifs is 1. The van der Waals surface area contributed by atoms with Crippen molar-refractivity contribution in [2.45, 2.75) is 32.9 Å². The number of pyridine rings is 1. The Bertz CT molecular complexity index is 1140. The average molecular weight is 493 g/mol. The molecular weight excluding hydrogens is 468 g/mol. The van der Waals surface area contributed by atoms with E-state index < -0.39 is 17.5 Å². The molecule has 2 aromatic heterocycles. The van der Waals surface area contributed by atoms with Gasteiger partial charge in [-0.05, 0) is 45.0 Å². The highest BCUT2D eigenvalue weighted by molar-refractivity contribution is 7.20. The van der Waals surface area contributed by atoms with Crippen LogP contribution in [0.2, 0.25) is 0 Å². The molecule has 10 heteroatoms. The van der Waals surface area contributed by atoms with Crippen LogP contribution in [-0.2, 0) is 20.8 Å². The lowest BCUT2D eigenvalue weighted by atomic mass is 10.2. The summed E-state index contributed by atoms with van der Waals surface area (Å²) in [4.78, 5) is 41.8. The second kappa shape index (κ2) is 11.1. The molecule has 0 unspecified atom stereocenters. The molecule has 0 aliphatic heterocycles. The number of rotatable bonds is 7. The van der Waals surface area contributed by atoms with Gasteiger partial charge in [0, 0.05) is 5.56 Å². The lowest BCUT2D eigenvalue weighted by Gasteiger charge is -2.19. The predicted molar refractivity (Wildman–Crippen MR) is 127 cm³/mol. The first-order chi connectivity index (χ1) is 15.2. The molecule has 0 bridgehead atoms. The first kappa shape index (κ1) is 26.1. The van der Waals surface area contributed by atoms with Crippen LogP contribution in [0, 0.1) is 0 Å². The number of thiophene rings is 1. The Morgan fingerprint density at radius 3 is 2.39 bits per heavy atom. The van der Waals surface area contributed by atoms with E-state index in [1.54, 1.807) is 57.2 Å². The largest absolute Gasteiger partial charge is 0.479 e.